The van der Waals surface area contributed by atoms with E-state index in [2.05, 4.69) is 27.5 Å². The lowest BCUT2D eigenvalue weighted by atomic mass is 9.95. The molecule has 1 saturated carbocycles. The van der Waals surface area contributed by atoms with Gasteiger partial charge in [-0.25, -0.2) is 0 Å². The molecule has 124 valence electrons. The SMILES string of the molecule is CC.Cc1ccc(N(C)C(=O)CNC2CCCCC2)cc1P. The fourth-order valence-electron chi connectivity index (χ4n) is 2.64. The summed E-state index contributed by atoms with van der Waals surface area (Å²) in [5.74, 6) is 0.129. The summed E-state index contributed by atoms with van der Waals surface area (Å²) in [4.78, 5) is 14.0. The number of benzene rings is 1. The van der Waals surface area contributed by atoms with Crippen molar-refractivity contribution in [2.45, 2.75) is 58.9 Å². The molecule has 3 nitrogen and oxygen atoms in total. The molecule has 0 bridgehead atoms. The zero-order valence-corrected chi connectivity index (χ0v) is 15.6. The number of hydrogen-bond acceptors (Lipinski definition) is 2. The second-order valence-corrected chi connectivity index (χ2v) is 6.33. The van der Waals surface area contributed by atoms with Crippen molar-refractivity contribution in [3.05, 3.63) is 23.8 Å². The van der Waals surface area contributed by atoms with E-state index in [4.69, 9.17) is 0 Å². The topological polar surface area (TPSA) is 32.3 Å². The first-order chi connectivity index (χ1) is 10.6. The van der Waals surface area contributed by atoms with Crippen LogP contribution in [0.2, 0.25) is 0 Å². The summed E-state index contributed by atoms with van der Waals surface area (Å²) in [6.45, 7) is 6.50. The van der Waals surface area contributed by atoms with Gasteiger partial charge in [0, 0.05) is 18.8 Å². The average molecular weight is 322 g/mol. The predicted octanol–water partition coefficient (Wildman–Crippen LogP) is 3.41. The number of rotatable bonds is 4. The van der Waals surface area contributed by atoms with Crippen LogP contribution in [0.1, 0.15) is 51.5 Å². The summed E-state index contributed by atoms with van der Waals surface area (Å²) in [5.41, 5.74) is 2.18. The average Bonchev–Trinajstić information content (AvgIpc) is 2.57. The highest BCUT2D eigenvalue weighted by Gasteiger charge is 2.16. The van der Waals surface area contributed by atoms with Gasteiger partial charge in [0.25, 0.3) is 0 Å². The van der Waals surface area contributed by atoms with E-state index in [0.29, 0.717) is 12.6 Å². The molecule has 4 heteroatoms. The van der Waals surface area contributed by atoms with Crippen LogP contribution in [0.4, 0.5) is 5.69 Å². The number of nitrogens with one attached hydrogen (secondary N) is 1. The molecule has 1 aliphatic rings. The van der Waals surface area contributed by atoms with Gasteiger partial charge < -0.3 is 10.2 Å². The van der Waals surface area contributed by atoms with Crippen LogP contribution in [0.5, 0.6) is 0 Å². The van der Waals surface area contributed by atoms with E-state index in [1.54, 1.807) is 4.90 Å². The van der Waals surface area contributed by atoms with Crippen LogP contribution < -0.4 is 15.5 Å². The highest BCUT2D eigenvalue weighted by atomic mass is 31.0. The van der Waals surface area contributed by atoms with Crippen molar-refractivity contribution < 1.29 is 4.79 Å². The van der Waals surface area contributed by atoms with Crippen molar-refractivity contribution in [2.75, 3.05) is 18.5 Å². The highest BCUT2D eigenvalue weighted by Crippen LogP contribution is 2.17. The summed E-state index contributed by atoms with van der Waals surface area (Å²) in [6.07, 6.45) is 6.33. The minimum atomic E-state index is 0.129. The van der Waals surface area contributed by atoms with Crippen LogP contribution in [0.25, 0.3) is 0 Å². The highest BCUT2D eigenvalue weighted by molar-refractivity contribution is 7.27. The number of carbonyl (C=O) groups excluding carboxylic acids is 1. The Morgan fingerprint density at radius 2 is 1.91 bits per heavy atom. The van der Waals surface area contributed by atoms with Gasteiger partial charge >= 0.3 is 0 Å². The Morgan fingerprint density at radius 3 is 2.50 bits per heavy atom. The molecule has 2 rings (SSSR count). The monoisotopic (exact) mass is 322 g/mol. The first kappa shape index (κ1) is 19.1. The third-order valence-corrected chi connectivity index (χ3v) is 4.79. The van der Waals surface area contributed by atoms with Crippen LogP contribution in [-0.4, -0.2) is 25.5 Å². The predicted molar refractivity (Wildman–Crippen MR) is 100 cm³/mol. The minimum absolute atomic E-state index is 0.129. The number of nitrogens with zero attached hydrogens (tertiary/aromatic N) is 1. The summed E-state index contributed by atoms with van der Waals surface area (Å²) < 4.78 is 0. The van der Waals surface area contributed by atoms with Gasteiger partial charge in [-0.2, -0.15) is 0 Å². The Balaban J connectivity index is 0.00000116. The second-order valence-electron chi connectivity index (χ2n) is 5.71. The van der Waals surface area contributed by atoms with Crippen LogP contribution in [0.15, 0.2) is 18.2 Å². The van der Waals surface area contributed by atoms with Crippen molar-refractivity contribution in [1.29, 1.82) is 0 Å². The molecule has 0 radical (unpaired) electrons. The molecule has 0 aliphatic heterocycles. The van der Waals surface area contributed by atoms with E-state index < -0.39 is 0 Å². The lowest BCUT2D eigenvalue weighted by molar-refractivity contribution is -0.117. The molecular weight excluding hydrogens is 291 g/mol. The molecule has 0 saturated heterocycles. The van der Waals surface area contributed by atoms with E-state index in [1.807, 2.05) is 33.0 Å². The van der Waals surface area contributed by atoms with Crippen LogP contribution in [0, 0.1) is 6.92 Å². The largest absolute Gasteiger partial charge is 0.314 e. The van der Waals surface area contributed by atoms with E-state index in [9.17, 15) is 4.79 Å². The van der Waals surface area contributed by atoms with Gasteiger partial charge in [0.05, 0.1) is 6.54 Å². The Labute approximate surface area is 138 Å². The quantitative estimate of drug-likeness (QED) is 0.862. The van der Waals surface area contributed by atoms with Gasteiger partial charge in [-0.3, -0.25) is 4.79 Å². The van der Waals surface area contributed by atoms with E-state index >= 15 is 0 Å². The molecule has 1 aliphatic carbocycles. The number of anilines is 1. The molecule has 1 N–H and O–H groups in total. The molecule has 0 spiro atoms. The fourth-order valence-corrected chi connectivity index (χ4v) is 2.90. The summed E-state index contributed by atoms with van der Waals surface area (Å²) in [7, 11) is 4.56. The first-order valence-electron chi connectivity index (χ1n) is 8.44. The van der Waals surface area contributed by atoms with E-state index in [1.165, 1.54) is 37.7 Å². The smallest absolute Gasteiger partial charge is 0.240 e. The molecule has 1 aromatic carbocycles. The van der Waals surface area contributed by atoms with E-state index in [0.717, 1.165) is 11.0 Å². The van der Waals surface area contributed by atoms with Crippen molar-refractivity contribution in [2.24, 2.45) is 0 Å². The third kappa shape index (κ3) is 5.70. The third-order valence-electron chi connectivity index (χ3n) is 4.17. The van der Waals surface area contributed by atoms with Gasteiger partial charge in [-0.1, -0.05) is 39.2 Å². The van der Waals surface area contributed by atoms with Gasteiger partial charge in [0.15, 0.2) is 0 Å². The first-order valence-corrected chi connectivity index (χ1v) is 9.01. The molecule has 1 unspecified atom stereocenters. The Bertz CT molecular complexity index is 470. The van der Waals surface area contributed by atoms with Crippen molar-refractivity contribution in [1.82, 2.24) is 5.32 Å². The molecule has 0 aromatic heterocycles. The Kier molecular flexibility index (Phi) is 8.67. The van der Waals surface area contributed by atoms with Gasteiger partial charge in [0.1, 0.15) is 0 Å². The molecule has 1 fully saturated rings. The summed E-state index contributed by atoms with van der Waals surface area (Å²) in [6, 6.07) is 6.62. The van der Waals surface area contributed by atoms with Crippen molar-refractivity contribution >= 4 is 26.1 Å². The fraction of sp³-hybridized carbons (Fsp3) is 0.611. The summed E-state index contributed by atoms with van der Waals surface area (Å²) >= 11 is 0. The van der Waals surface area contributed by atoms with Crippen LogP contribution in [-0.2, 0) is 4.79 Å². The van der Waals surface area contributed by atoms with Gasteiger partial charge in [-0.15, -0.1) is 9.24 Å². The van der Waals surface area contributed by atoms with E-state index in [-0.39, 0.29) is 5.91 Å². The molecule has 0 heterocycles. The molecule has 1 atom stereocenters. The Morgan fingerprint density at radius 1 is 1.27 bits per heavy atom. The zero-order chi connectivity index (χ0) is 16.5. The number of amides is 1. The zero-order valence-electron chi connectivity index (χ0n) is 14.5. The van der Waals surface area contributed by atoms with Gasteiger partial charge in [-0.05, 0) is 42.8 Å². The number of likely N-dealkylation sites (N-methyl/N-ethyl adjacent to an activating group) is 1. The number of aryl methyl sites for hydroxylation is 1. The van der Waals surface area contributed by atoms with Gasteiger partial charge in [0.2, 0.25) is 5.91 Å². The number of hydrogen-bond donors (Lipinski definition) is 1. The molecular formula is C18H31N2OP. The Hall–Kier alpha value is -0.920. The maximum absolute atomic E-state index is 12.2. The normalized spacial score (nSPS) is 15.0. The molecule has 1 aromatic rings. The maximum Gasteiger partial charge on any atom is 0.240 e. The lowest BCUT2D eigenvalue weighted by Crippen LogP contribution is -2.41. The van der Waals surface area contributed by atoms with Crippen LogP contribution >= 0.6 is 9.24 Å². The van der Waals surface area contributed by atoms with Crippen LogP contribution in [0.3, 0.4) is 0 Å². The second kappa shape index (κ2) is 9.97. The molecule has 22 heavy (non-hydrogen) atoms. The lowest BCUT2D eigenvalue weighted by Gasteiger charge is -2.24. The molecule has 1 amide bonds. The maximum atomic E-state index is 12.2. The van der Waals surface area contributed by atoms with Crippen molar-refractivity contribution in [3.63, 3.8) is 0 Å². The van der Waals surface area contributed by atoms with Crippen molar-refractivity contribution in [3.8, 4) is 0 Å². The minimum Gasteiger partial charge on any atom is -0.314 e. The standard InChI is InChI=1S/C16H25N2OP.C2H6/c1-12-8-9-14(10-15(12)20)18(2)16(19)11-17-13-6-4-3-5-7-13;1-2/h8-10,13,17H,3-7,11,20H2,1-2H3;1-2H3. The number of carbonyl (C=O) groups is 1. The summed E-state index contributed by atoms with van der Waals surface area (Å²) in [5, 5.41) is 4.54.